The number of aliphatic hydroxyl groups excluding tert-OH is 2. The van der Waals surface area contributed by atoms with Crippen LogP contribution >= 0.6 is 23.2 Å². The molecule has 0 amide bonds. The van der Waals surface area contributed by atoms with Crippen molar-refractivity contribution >= 4 is 29.0 Å². The first-order chi connectivity index (χ1) is 8.62. The van der Waals surface area contributed by atoms with E-state index in [4.69, 9.17) is 23.2 Å². The predicted molar refractivity (Wildman–Crippen MR) is 76.7 cm³/mol. The minimum Gasteiger partial charge on any atom is -0.396 e. The fraction of sp³-hybridized carbons (Fsp3) is 0.769. The smallest absolute Gasteiger partial charge is 0.162 e. The summed E-state index contributed by atoms with van der Waals surface area (Å²) in [6.07, 6.45) is 1.75. The van der Waals surface area contributed by atoms with Crippen molar-refractivity contribution < 1.29 is 15.0 Å². The van der Waals surface area contributed by atoms with E-state index in [-0.39, 0.29) is 24.5 Å². The molecule has 4 unspecified atom stereocenters. The van der Waals surface area contributed by atoms with Gasteiger partial charge in [0.2, 0.25) is 0 Å². The van der Waals surface area contributed by atoms with Crippen LogP contribution in [0.4, 0.5) is 0 Å². The van der Waals surface area contributed by atoms with Gasteiger partial charge in [0.1, 0.15) is 4.87 Å². The Labute approximate surface area is 123 Å². The lowest BCUT2D eigenvalue weighted by Gasteiger charge is -2.39. The van der Waals surface area contributed by atoms with Crippen molar-refractivity contribution in [2.24, 2.45) is 5.92 Å². The van der Waals surface area contributed by atoms with Crippen LogP contribution < -0.4 is 5.32 Å². The van der Waals surface area contributed by atoms with Gasteiger partial charge < -0.3 is 15.5 Å². The number of β-amino-alcohol motifs (C(OH)–C–C–N with tert-alkyl or cyclic N) is 1. The number of carbonyl (C=O) groups excluding carboxylic acids is 1. The van der Waals surface area contributed by atoms with Gasteiger partial charge in [0, 0.05) is 12.1 Å². The van der Waals surface area contributed by atoms with E-state index in [1.807, 2.05) is 20.8 Å². The molecular weight excluding hydrogens is 289 g/mol. The zero-order valence-electron chi connectivity index (χ0n) is 11.4. The van der Waals surface area contributed by atoms with E-state index in [2.05, 4.69) is 5.32 Å². The van der Waals surface area contributed by atoms with Crippen molar-refractivity contribution in [2.75, 3.05) is 13.2 Å². The summed E-state index contributed by atoms with van der Waals surface area (Å²) in [6, 6.07) is 0. The standard InChI is InChI=1S/C13H21Cl2NO3/c1-12(2,3)16-6-10(19)13(15)5-4-9(18)8(7-17)11(13)14/h4-5,8,10-11,16-17,19H,6-7H2,1-3H3. The van der Waals surface area contributed by atoms with E-state index in [9.17, 15) is 15.0 Å². The summed E-state index contributed by atoms with van der Waals surface area (Å²) in [7, 11) is 0. The molecule has 0 fully saturated rings. The molecule has 4 atom stereocenters. The van der Waals surface area contributed by atoms with E-state index in [0.29, 0.717) is 0 Å². The molecule has 0 aromatic carbocycles. The van der Waals surface area contributed by atoms with Crippen LogP contribution in [0.3, 0.4) is 0 Å². The zero-order valence-corrected chi connectivity index (χ0v) is 12.9. The number of ketones is 1. The Morgan fingerprint density at radius 1 is 1.53 bits per heavy atom. The van der Waals surface area contributed by atoms with Crippen molar-refractivity contribution in [1.82, 2.24) is 5.32 Å². The molecular formula is C13H21Cl2NO3. The summed E-state index contributed by atoms with van der Waals surface area (Å²) in [5.74, 6) is -1.05. The molecule has 0 heterocycles. The topological polar surface area (TPSA) is 69.6 Å². The van der Waals surface area contributed by atoms with Gasteiger partial charge in [0.15, 0.2) is 5.78 Å². The maximum Gasteiger partial charge on any atom is 0.162 e. The second-order valence-electron chi connectivity index (χ2n) is 5.90. The fourth-order valence-electron chi connectivity index (χ4n) is 1.91. The molecule has 0 saturated heterocycles. The van der Waals surface area contributed by atoms with Crippen molar-refractivity contribution in [2.45, 2.75) is 42.7 Å². The van der Waals surface area contributed by atoms with Crippen LogP contribution in [0.5, 0.6) is 0 Å². The summed E-state index contributed by atoms with van der Waals surface area (Å²) in [5, 5.41) is 21.7. The minimum atomic E-state index is -1.26. The maximum atomic E-state index is 11.6. The first-order valence-corrected chi connectivity index (χ1v) is 7.03. The SMILES string of the molecule is CC(C)(C)NCC(O)C1(Cl)C=CC(=O)C(CO)C1Cl. The van der Waals surface area contributed by atoms with E-state index in [0.717, 1.165) is 0 Å². The van der Waals surface area contributed by atoms with E-state index >= 15 is 0 Å². The summed E-state index contributed by atoms with van der Waals surface area (Å²) in [4.78, 5) is 10.3. The molecule has 4 nitrogen and oxygen atoms in total. The second-order valence-corrected chi connectivity index (χ2v) is 7.03. The molecule has 1 aliphatic carbocycles. The number of halogens is 2. The number of aliphatic hydroxyl groups is 2. The predicted octanol–water partition coefficient (Wildman–Crippen LogP) is 1.07. The van der Waals surface area contributed by atoms with Crippen LogP contribution in [-0.2, 0) is 4.79 Å². The van der Waals surface area contributed by atoms with Gasteiger partial charge in [-0.2, -0.15) is 0 Å². The van der Waals surface area contributed by atoms with Gasteiger partial charge in [0.25, 0.3) is 0 Å². The molecule has 0 bridgehead atoms. The van der Waals surface area contributed by atoms with Gasteiger partial charge >= 0.3 is 0 Å². The lowest BCUT2D eigenvalue weighted by atomic mass is 9.81. The summed E-state index contributed by atoms with van der Waals surface area (Å²) >= 11 is 12.5. The van der Waals surface area contributed by atoms with Crippen LogP contribution in [0.15, 0.2) is 12.2 Å². The Morgan fingerprint density at radius 3 is 2.58 bits per heavy atom. The molecule has 110 valence electrons. The van der Waals surface area contributed by atoms with Gasteiger partial charge in [-0.3, -0.25) is 4.79 Å². The van der Waals surface area contributed by atoms with Gasteiger partial charge in [-0.15, -0.1) is 23.2 Å². The highest BCUT2D eigenvalue weighted by Crippen LogP contribution is 2.38. The van der Waals surface area contributed by atoms with Gasteiger partial charge in [-0.1, -0.05) is 6.08 Å². The number of alkyl halides is 2. The van der Waals surface area contributed by atoms with Crippen molar-refractivity contribution in [3.8, 4) is 0 Å². The minimum absolute atomic E-state index is 0.166. The van der Waals surface area contributed by atoms with Crippen molar-refractivity contribution in [1.29, 1.82) is 0 Å². The van der Waals surface area contributed by atoms with Crippen LogP contribution in [0, 0.1) is 5.92 Å². The van der Waals surface area contributed by atoms with Gasteiger partial charge in [-0.05, 0) is 26.8 Å². The van der Waals surface area contributed by atoms with Crippen LogP contribution in [-0.4, -0.2) is 51.0 Å². The number of allylic oxidation sites excluding steroid dienone is 1. The van der Waals surface area contributed by atoms with Crippen LogP contribution in [0.2, 0.25) is 0 Å². The van der Waals surface area contributed by atoms with Crippen LogP contribution in [0.1, 0.15) is 20.8 Å². The first kappa shape index (κ1) is 16.9. The number of hydrogen-bond acceptors (Lipinski definition) is 4. The molecule has 0 aliphatic heterocycles. The highest BCUT2D eigenvalue weighted by atomic mass is 35.5. The van der Waals surface area contributed by atoms with Crippen molar-refractivity contribution in [3.63, 3.8) is 0 Å². The third-order valence-corrected chi connectivity index (χ3v) is 4.57. The largest absolute Gasteiger partial charge is 0.396 e. The average Bonchev–Trinajstić information content (AvgIpc) is 2.31. The Balaban J connectivity index is 2.84. The number of hydrogen-bond donors (Lipinski definition) is 3. The molecule has 19 heavy (non-hydrogen) atoms. The third-order valence-electron chi connectivity index (χ3n) is 3.18. The summed E-state index contributed by atoms with van der Waals surface area (Å²) < 4.78 is 0. The molecule has 0 aromatic heterocycles. The number of nitrogens with one attached hydrogen (secondary N) is 1. The van der Waals surface area contributed by atoms with Crippen molar-refractivity contribution in [3.05, 3.63) is 12.2 Å². The molecule has 1 rings (SSSR count). The molecule has 0 spiro atoms. The molecule has 1 aliphatic rings. The summed E-state index contributed by atoms with van der Waals surface area (Å²) in [6.45, 7) is 5.76. The maximum absolute atomic E-state index is 11.6. The lowest BCUT2D eigenvalue weighted by molar-refractivity contribution is -0.120. The third kappa shape index (κ3) is 3.92. The Hall–Kier alpha value is -0.130. The normalized spacial score (nSPS) is 33.5. The van der Waals surface area contributed by atoms with Gasteiger partial charge in [0.05, 0.1) is 24.0 Å². The summed E-state index contributed by atoms with van der Waals surface area (Å²) in [5.41, 5.74) is -0.166. The first-order valence-electron chi connectivity index (χ1n) is 6.22. The molecule has 0 aromatic rings. The Morgan fingerprint density at radius 2 is 2.11 bits per heavy atom. The zero-order chi connectivity index (χ0) is 14.8. The molecule has 0 radical (unpaired) electrons. The van der Waals surface area contributed by atoms with E-state index in [1.165, 1.54) is 12.2 Å². The number of carbonyl (C=O) groups is 1. The quantitative estimate of drug-likeness (QED) is 0.679. The van der Waals surface area contributed by atoms with Crippen LogP contribution in [0.25, 0.3) is 0 Å². The molecule has 6 heteroatoms. The average molecular weight is 310 g/mol. The Kier molecular flexibility index (Phi) is 5.43. The van der Waals surface area contributed by atoms with Gasteiger partial charge in [-0.25, -0.2) is 0 Å². The van der Waals surface area contributed by atoms with E-state index in [1.54, 1.807) is 0 Å². The molecule has 0 saturated carbocycles. The fourth-order valence-corrected chi connectivity index (χ4v) is 2.63. The lowest BCUT2D eigenvalue weighted by Crippen LogP contribution is -2.56. The highest BCUT2D eigenvalue weighted by molar-refractivity contribution is 6.35. The van der Waals surface area contributed by atoms with E-state index < -0.39 is 22.3 Å². The molecule has 3 N–H and O–H groups in total. The highest BCUT2D eigenvalue weighted by Gasteiger charge is 2.48. The monoisotopic (exact) mass is 309 g/mol. The second kappa shape index (κ2) is 6.10. The Bertz CT molecular complexity index is 367. The number of rotatable bonds is 4.